The fourth-order valence-electron chi connectivity index (χ4n) is 3.31. The molecule has 0 amide bonds. The molecule has 2 nitrogen and oxygen atoms in total. The normalized spacial score (nSPS) is 21.3. The van der Waals surface area contributed by atoms with Gasteiger partial charge in [-0.3, -0.25) is 0 Å². The van der Waals surface area contributed by atoms with E-state index in [1.807, 2.05) is 24.5 Å². The van der Waals surface area contributed by atoms with Crippen LogP contribution in [0.25, 0.3) is 11.4 Å². The summed E-state index contributed by atoms with van der Waals surface area (Å²) in [5, 5.41) is 1.08. The van der Waals surface area contributed by atoms with Gasteiger partial charge in [-0.05, 0) is 67.7 Å². The van der Waals surface area contributed by atoms with Gasteiger partial charge < -0.3 is 0 Å². The second-order valence-electron chi connectivity index (χ2n) is 6.42. The first-order chi connectivity index (χ1) is 11.7. The maximum absolute atomic E-state index is 6.07. The maximum atomic E-state index is 6.07. The largest absolute Gasteiger partial charge is 0.236 e. The third kappa shape index (κ3) is 4.17. The molecule has 1 aromatic heterocycles. The third-order valence-corrected chi connectivity index (χ3v) is 5.48. The second kappa shape index (κ2) is 8.13. The van der Waals surface area contributed by atoms with Crippen LogP contribution in [-0.2, 0) is 0 Å². The zero-order valence-electron chi connectivity index (χ0n) is 13.9. The summed E-state index contributed by atoms with van der Waals surface area (Å²) in [7, 11) is 0. The maximum Gasteiger partial charge on any atom is 0.159 e. The molecule has 1 aliphatic rings. The van der Waals surface area contributed by atoms with Crippen molar-refractivity contribution in [3.8, 4) is 11.4 Å². The summed E-state index contributed by atoms with van der Waals surface area (Å²) in [5.74, 6) is 2.02. The summed E-state index contributed by atoms with van der Waals surface area (Å²) in [4.78, 5) is 9.07. The van der Waals surface area contributed by atoms with Gasteiger partial charge in [-0.25, -0.2) is 9.97 Å². The highest BCUT2D eigenvalue weighted by Gasteiger charge is 2.21. The van der Waals surface area contributed by atoms with Crippen molar-refractivity contribution in [1.82, 2.24) is 9.97 Å². The fraction of sp³-hybridized carbons (Fsp3) is 0.400. The quantitative estimate of drug-likeness (QED) is 0.567. The molecule has 0 saturated heterocycles. The second-order valence-corrected chi connectivity index (χ2v) is 7.23. The lowest BCUT2D eigenvalue weighted by atomic mass is 9.79. The van der Waals surface area contributed by atoms with Gasteiger partial charge in [0.15, 0.2) is 5.82 Å². The lowest BCUT2D eigenvalue weighted by Gasteiger charge is -2.26. The van der Waals surface area contributed by atoms with E-state index in [1.54, 1.807) is 6.07 Å². The SMILES string of the molecule is CC/C=C/C1CCC(c2cnc(-c3ccc(Cl)c(Cl)c3)nc2)CC1. The van der Waals surface area contributed by atoms with Crippen LogP contribution >= 0.6 is 23.2 Å². The Labute approximate surface area is 153 Å². The van der Waals surface area contributed by atoms with Gasteiger partial charge in [-0.2, -0.15) is 0 Å². The van der Waals surface area contributed by atoms with Crippen LogP contribution in [-0.4, -0.2) is 9.97 Å². The molecule has 126 valence electrons. The van der Waals surface area contributed by atoms with Gasteiger partial charge in [0.2, 0.25) is 0 Å². The Kier molecular flexibility index (Phi) is 5.91. The number of benzene rings is 1. The molecule has 0 radical (unpaired) electrons. The van der Waals surface area contributed by atoms with Crippen LogP contribution in [0.5, 0.6) is 0 Å². The Bertz CT molecular complexity index is 702. The predicted octanol–water partition coefficient (Wildman–Crippen LogP) is 6.69. The summed E-state index contributed by atoms with van der Waals surface area (Å²) in [5.41, 5.74) is 2.14. The molecular formula is C20H22Cl2N2. The van der Waals surface area contributed by atoms with Gasteiger partial charge in [0.25, 0.3) is 0 Å². The van der Waals surface area contributed by atoms with Crippen molar-refractivity contribution in [3.63, 3.8) is 0 Å². The molecule has 0 unspecified atom stereocenters. The van der Waals surface area contributed by atoms with E-state index in [4.69, 9.17) is 23.2 Å². The van der Waals surface area contributed by atoms with Gasteiger partial charge in [-0.15, -0.1) is 0 Å². The number of nitrogens with zero attached hydrogens (tertiary/aromatic N) is 2. The first-order valence-electron chi connectivity index (χ1n) is 8.61. The van der Waals surface area contributed by atoms with Gasteiger partial charge in [-0.1, -0.05) is 42.3 Å². The highest BCUT2D eigenvalue weighted by atomic mass is 35.5. The lowest BCUT2D eigenvalue weighted by molar-refractivity contribution is 0.374. The van der Waals surface area contributed by atoms with Crippen molar-refractivity contribution < 1.29 is 0 Å². The summed E-state index contributed by atoms with van der Waals surface area (Å²) in [6, 6.07) is 5.49. The monoisotopic (exact) mass is 360 g/mol. The fourth-order valence-corrected chi connectivity index (χ4v) is 3.60. The molecule has 3 rings (SSSR count). The molecule has 1 aliphatic carbocycles. The van der Waals surface area contributed by atoms with Crippen LogP contribution in [0.4, 0.5) is 0 Å². The number of hydrogen-bond donors (Lipinski definition) is 0. The van der Waals surface area contributed by atoms with E-state index < -0.39 is 0 Å². The Morgan fingerprint density at radius 3 is 2.38 bits per heavy atom. The van der Waals surface area contributed by atoms with Crippen molar-refractivity contribution in [1.29, 1.82) is 0 Å². The zero-order valence-corrected chi connectivity index (χ0v) is 15.4. The molecule has 0 N–H and O–H groups in total. The third-order valence-electron chi connectivity index (χ3n) is 4.74. The average Bonchev–Trinajstić information content (AvgIpc) is 2.63. The van der Waals surface area contributed by atoms with Crippen molar-refractivity contribution in [2.24, 2.45) is 5.92 Å². The van der Waals surface area contributed by atoms with Crippen LogP contribution in [0.2, 0.25) is 10.0 Å². The van der Waals surface area contributed by atoms with Crippen molar-refractivity contribution in [2.75, 3.05) is 0 Å². The summed E-state index contributed by atoms with van der Waals surface area (Å²) in [6.07, 6.45) is 14.7. The molecule has 0 atom stereocenters. The van der Waals surface area contributed by atoms with Crippen LogP contribution < -0.4 is 0 Å². The topological polar surface area (TPSA) is 25.8 Å². The van der Waals surface area contributed by atoms with E-state index in [2.05, 4.69) is 29.0 Å². The smallest absolute Gasteiger partial charge is 0.159 e. The molecule has 0 bridgehead atoms. The van der Waals surface area contributed by atoms with Crippen molar-refractivity contribution >= 4 is 23.2 Å². The van der Waals surface area contributed by atoms with Crippen molar-refractivity contribution in [2.45, 2.75) is 44.9 Å². The van der Waals surface area contributed by atoms with Crippen LogP contribution in [0.15, 0.2) is 42.7 Å². The highest BCUT2D eigenvalue weighted by Crippen LogP contribution is 2.36. The minimum Gasteiger partial charge on any atom is -0.236 e. The summed E-state index contributed by atoms with van der Waals surface area (Å²) in [6.45, 7) is 2.19. The van der Waals surface area contributed by atoms with Gasteiger partial charge in [0.05, 0.1) is 10.0 Å². The van der Waals surface area contributed by atoms with E-state index in [9.17, 15) is 0 Å². The molecule has 1 heterocycles. The Balaban J connectivity index is 1.67. The van der Waals surface area contributed by atoms with Crippen LogP contribution in [0, 0.1) is 5.92 Å². The first-order valence-corrected chi connectivity index (χ1v) is 9.37. The van der Waals surface area contributed by atoms with Crippen molar-refractivity contribution in [3.05, 3.63) is 58.4 Å². The number of rotatable bonds is 4. The summed E-state index contributed by atoms with van der Waals surface area (Å²) < 4.78 is 0. The zero-order chi connectivity index (χ0) is 16.9. The molecular weight excluding hydrogens is 339 g/mol. The lowest BCUT2D eigenvalue weighted by Crippen LogP contribution is -2.12. The summed E-state index contributed by atoms with van der Waals surface area (Å²) >= 11 is 12.0. The Morgan fingerprint density at radius 1 is 1.04 bits per heavy atom. The van der Waals surface area contributed by atoms with Crippen LogP contribution in [0.1, 0.15) is 50.5 Å². The molecule has 1 saturated carbocycles. The Morgan fingerprint density at radius 2 is 1.75 bits per heavy atom. The molecule has 1 aromatic carbocycles. The average molecular weight is 361 g/mol. The minimum atomic E-state index is 0.528. The highest BCUT2D eigenvalue weighted by molar-refractivity contribution is 6.42. The van der Waals surface area contributed by atoms with Gasteiger partial charge >= 0.3 is 0 Å². The standard InChI is InChI=1S/C20H22Cl2N2/c1-2-3-4-14-5-7-15(8-6-14)17-12-23-20(24-13-17)16-9-10-18(21)19(22)11-16/h3-4,9-15H,2,5-8H2,1H3/b4-3+. The number of halogens is 2. The molecule has 1 fully saturated rings. The van der Waals surface area contributed by atoms with E-state index in [1.165, 1.54) is 31.2 Å². The molecule has 4 heteroatoms. The molecule has 0 spiro atoms. The Hall–Kier alpha value is -1.38. The van der Waals surface area contributed by atoms with Gasteiger partial charge in [0.1, 0.15) is 0 Å². The number of hydrogen-bond acceptors (Lipinski definition) is 2. The van der Waals surface area contributed by atoms with Crippen LogP contribution in [0.3, 0.4) is 0 Å². The first kappa shape index (κ1) is 17.4. The van der Waals surface area contributed by atoms with E-state index in [0.29, 0.717) is 21.8 Å². The van der Waals surface area contributed by atoms with E-state index in [-0.39, 0.29) is 0 Å². The molecule has 24 heavy (non-hydrogen) atoms. The molecule has 0 aliphatic heterocycles. The number of aromatic nitrogens is 2. The predicted molar refractivity (Wildman–Crippen MR) is 102 cm³/mol. The van der Waals surface area contributed by atoms with E-state index in [0.717, 1.165) is 17.9 Å². The number of allylic oxidation sites excluding steroid dienone is 2. The van der Waals surface area contributed by atoms with E-state index >= 15 is 0 Å². The minimum absolute atomic E-state index is 0.528. The van der Waals surface area contributed by atoms with Gasteiger partial charge in [0, 0.05) is 18.0 Å². The molecule has 2 aromatic rings.